The number of pyridine rings is 1. The highest BCUT2D eigenvalue weighted by Gasteiger charge is 2.10. The van der Waals surface area contributed by atoms with Crippen molar-refractivity contribution in [3.8, 4) is 0 Å². The summed E-state index contributed by atoms with van der Waals surface area (Å²) >= 11 is 0. The molecule has 1 aromatic heterocycles. The molecule has 0 spiro atoms. The molecule has 1 rings (SSSR count). The Kier molecular flexibility index (Phi) is 6.31. The highest BCUT2D eigenvalue weighted by Crippen LogP contribution is 2.12. The number of nitrogens with one attached hydrogen (secondary N) is 2. The Morgan fingerprint density at radius 2 is 2.26 bits per heavy atom. The summed E-state index contributed by atoms with van der Waals surface area (Å²) in [5.74, 6) is -0.778. The summed E-state index contributed by atoms with van der Waals surface area (Å²) in [6, 6.07) is 1.74. The van der Waals surface area contributed by atoms with Crippen molar-refractivity contribution >= 4 is 17.5 Å². The van der Waals surface area contributed by atoms with Crippen LogP contribution in [0.25, 0.3) is 0 Å². The molecule has 0 unspecified atom stereocenters. The van der Waals surface area contributed by atoms with Gasteiger partial charge in [-0.25, -0.2) is 0 Å². The van der Waals surface area contributed by atoms with E-state index in [0.717, 1.165) is 5.69 Å². The van der Waals surface area contributed by atoms with Crippen molar-refractivity contribution in [1.29, 1.82) is 0 Å². The number of aromatic nitrogens is 1. The van der Waals surface area contributed by atoms with Gasteiger partial charge in [0, 0.05) is 25.5 Å². The van der Waals surface area contributed by atoms with E-state index in [1.54, 1.807) is 12.3 Å². The number of nitrogens with zero attached hydrogens (tertiary/aromatic N) is 1. The number of carbonyl (C=O) groups excluding carboxylic acids is 2. The smallest absolute Gasteiger partial charge is 0.255 e. The number of hydrogen-bond donors (Lipinski definition) is 3. The highest BCUT2D eigenvalue weighted by molar-refractivity contribution is 5.99. The van der Waals surface area contributed by atoms with E-state index in [2.05, 4.69) is 15.6 Å². The van der Waals surface area contributed by atoms with Crippen molar-refractivity contribution in [1.82, 2.24) is 10.3 Å². The minimum Gasteiger partial charge on any atom is -0.385 e. The van der Waals surface area contributed by atoms with E-state index in [0.29, 0.717) is 18.7 Å². The maximum absolute atomic E-state index is 11.9. The predicted molar refractivity (Wildman–Crippen MR) is 70.7 cm³/mol. The van der Waals surface area contributed by atoms with Gasteiger partial charge in [0.2, 0.25) is 5.91 Å². The fraction of sp³-hybridized carbons (Fsp3) is 0.417. The largest absolute Gasteiger partial charge is 0.385 e. The molecule has 0 bridgehead atoms. The van der Waals surface area contributed by atoms with E-state index in [9.17, 15) is 9.59 Å². The van der Waals surface area contributed by atoms with Gasteiger partial charge in [-0.05, 0) is 13.0 Å². The number of anilines is 1. The summed E-state index contributed by atoms with van der Waals surface area (Å²) in [5, 5.41) is 5.76. The van der Waals surface area contributed by atoms with Crippen LogP contribution in [-0.4, -0.2) is 43.1 Å². The minimum atomic E-state index is -0.534. The first kappa shape index (κ1) is 14.9. The van der Waals surface area contributed by atoms with Crippen molar-refractivity contribution in [2.24, 2.45) is 5.73 Å². The lowest BCUT2D eigenvalue weighted by molar-refractivity contribution is -0.122. The van der Waals surface area contributed by atoms with Gasteiger partial charge in [-0.3, -0.25) is 14.6 Å². The second kappa shape index (κ2) is 8.04. The van der Waals surface area contributed by atoms with Crippen LogP contribution in [-0.2, 0) is 9.53 Å². The van der Waals surface area contributed by atoms with Crippen LogP contribution in [0, 0.1) is 0 Å². The molecule has 0 radical (unpaired) electrons. The lowest BCUT2D eigenvalue weighted by Gasteiger charge is -2.10. The van der Waals surface area contributed by atoms with E-state index < -0.39 is 5.91 Å². The van der Waals surface area contributed by atoms with Crippen molar-refractivity contribution in [3.05, 3.63) is 24.0 Å². The zero-order valence-corrected chi connectivity index (χ0v) is 10.8. The molecule has 0 saturated carbocycles. The molecule has 1 heterocycles. The Labute approximate surface area is 111 Å². The first-order valence-electron chi connectivity index (χ1n) is 5.97. The molecule has 0 aliphatic carbocycles. The van der Waals surface area contributed by atoms with Crippen molar-refractivity contribution in [2.75, 3.05) is 31.6 Å². The van der Waals surface area contributed by atoms with Gasteiger partial charge in [0.15, 0.2) is 0 Å². The van der Waals surface area contributed by atoms with Gasteiger partial charge in [0.1, 0.15) is 6.61 Å². The zero-order valence-electron chi connectivity index (χ0n) is 10.8. The summed E-state index contributed by atoms with van der Waals surface area (Å²) in [6.45, 7) is 3.04. The van der Waals surface area contributed by atoms with E-state index >= 15 is 0 Å². The van der Waals surface area contributed by atoms with Crippen LogP contribution in [0.1, 0.15) is 17.3 Å². The van der Waals surface area contributed by atoms with E-state index in [-0.39, 0.29) is 19.1 Å². The highest BCUT2D eigenvalue weighted by atomic mass is 16.5. The fourth-order valence-corrected chi connectivity index (χ4v) is 1.42. The number of primary amides is 1. The maximum atomic E-state index is 11.9. The van der Waals surface area contributed by atoms with Gasteiger partial charge in [0.05, 0.1) is 17.9 Å². The molecule has 7 heteroatoms. The topological polar surface area (TPSA) is 106 Å². The molecule has 7 nitrogen and oxygen atoms in total. The lowest BCUT2D eigenvalue weighted by atomic mass is 10.2. The van der Waals surface area contributed by atoms with Gasteiger partial charge in [0.25, 0.3) is 5.91 Å². The van der Waals surface area contributed by atoms with E-state index in [1.807, 2.05) is 6.92 Å². The Morgan fingerprint density at radius 1 is 1.47 bits per heavy atom. The Bertz CT molecular complexity index is 437. The van der Waals surface area contributed by atoms with Crippen LogP contribution < -0.4 is 16.4 Å². The average molecular weight is 266 g/mol. The molecule has 0 aliphatic heterocycles. The molecule has 2 amide bonds. The standard InChI is InChI=1S/C12H18N4O3/c1-2-15-10-3-4-14-7-9(10)12(18)16-5-6-19-8-11(13)17/h3-4,7H,2,5-6,8H2,1H3,(H2,13,17)(H,14,15)(H,16,18). The number of carbonyl (C=O) groups is 2. The Morgan fingerprint density at radius 3 is 2.95 bits per heavy atom. The van der Waals surface area contributed by atoms with Crippen LogP contribution in [0.5, 0.6) is 0 Å². The molecular weight excluding hydrogens is 248 g/mol. The van der Waals surface area contributed by atoms with Crippen molar-refractivity contribution < 1.29 is 14.3 Å². The molecular formula is C12H18N4O3. The molecule has 19 heavy (non-hydrogen) atoms. The van der Waals surface area contributed by atoms with Crippen molar-refractivity contribution in [3.63, 3.8) is 0 Å². The van der Waals surface area contributed by atoms with Gasteiger partial charge in [-0.15, -0.1) is 0 Å². The number of hydrogen-bond acceptors (Lipinski definition) is 5. The van der Waals surface area contributed by atoms with Crippen LogP contribution in [0.2, 0.25) is 0 Å². The average Bonchev–Trinajstić information content (AvgIpc) is 2.39. The summed E-state index contributed by atoms with van der Waals surface area (Å²) in [4.78, 5) is 26.2. The number of rotatable bonds is 8. The maximum Gasteiger partial charge on any atom is 0.255 e. The van der Waals surface area contributed by atoms with Gasteiger partial charge < -0.3 is 21.1 Å². The minimum absolute atomic E-state index is 0.147. The molecule has 0 aliphatic rings. The van der Waals surface area contributed by atoms with Crippen LogP contribution in [0.4, 0.5) is 5.69 Å². The fourth-order valence-electron chi connectivity index (χ4n) is 1.42. The van der Waals surface area contributed by atoms with Crippen LogP contribution in [0.3, 0.4) is 0 Å². The predicted octanol–water partition coefficient (Wildman–Crippen LogP) is -0.255. The summed E-state index contributed by atoms with van der Waals surface area (Å²) in [5.41, 5.74) is 6.11. The third-order valence-corrected chi connectivity index (χ3v) is 2.21. The monoisotopic (exact) mass is 266 g/mol. The summed E-state index contributed by atoms with van der Waals surface area (Å²) in [7, 11) is 0. The second-order valence-electron chi connectivity index (χ2n) is 3.73. The van der Waals surface area contributed by atoms with Crippen LogP contribution >= 0.6 is 0 Å². The molecule has 0 atom stereocenters. The molecule has 1 aromatic rings. The number of amides is 2. The Hall–Kier alpha value is -2.15. The molecule has 0 fully saturated rings. The normalized spacial score (nSPS) is 9.95. The van der Waals surface area contributed by atoms with Gasteiger partial charge in [-0.1, -0.05) is 0 Å². The summed E-state index contributed by atoms with van der Waals surface area (Å²) < 4.78 is 4.94. The second-order valence-corrected chi connectivity index (χ2v) is 3.73. The van der Waals surface area contributed by atoms with Crippen molar-refractivity contribution in [2.45, 2.75) is 6.92 Å². The first-order valence-corrected chi connectivity index (χ1v) is 5.97. The molecule has 0 saturated heterocycles. The first-order chi connectivity index (χ1) is 9.15. The molecule has 104 valence electrons. The molecule has 0 aromatic carbocycles. The summed E-state index contributed by atoms with van der Waals surface area (Å²) in [6.07, 6.45) is 3.11. The lowest BCUT2D eigenvalue weighted by Crippen LogP contribution is -2.29. The van der Waals surface area contributed by atoms with E-state index in [1.165, 1.54) is 6.20 Å². The molecule has 4 N–H and O–H groups in total. The third-order valence-electron chi connectivity index (χ3n) is 2.21. The third kappa shape index (κ3) is 5.35. The number of nitrogens with two attached hydrogens (primary N) is 1. The van der Waals surface area contributed by atoms with Gasteiger partial charge in [-0.2, -0.15) is 0 Å². The van der Waals surface area contributed by atoms with Crippen LogP contribution in [0.15, 0.2) is 18.5 Å². The number of ether oxygens (including phenoxy) is 1. The SMILES string of the molecule is CCNc1ccncc1C(=O)NCCOCC(N)=O. The van der Waals surface area contributed by atoms with E-state index in [4.69, 9.17) is 10.5 Å². The Balaban J connectivity index is 2.43. The van der Waals surface area contributed by atoms with Gasteiger partial charge >= 0.3 is 0 Å². The zero-order chi connectivity index (χ0) is 14.1. The quantitative estimate of drug-likeness (QED) is 0.562.